The van der Waals surface area contributed by atoms with Gasteiger partial charge in [0, 0.05) is 13.1 Å². The summed E-state index contributed by atoms with van der Waals surface area (Å²) in [5, 5.41) is 0. The van der Waals surface area contributed by atoms with Gasteiger partial charge in [-0.05, 0) is 12.8 Å². The van der Waals surface area contributed by atoms with Crippen molar-refractivity contribution in [3.8, 4) is 0 Å². The molecule has 0 unspecified atom stereocenters. The molecule has 2 heterocycles. The monoisotopic (exact) mass is 195 g/mol. The van der Waals surface area contributed by atoms with Crippen molar-refractivity contribution in [2.45, 2.75) is 12.8 Å². The van der Waals surface area contributed by atoms with Crippen molar-refractivity contribution in [3.63, 3.8) is 0 Å². The predicted molar refractivity (Wildman–Crippen MR) is 53.5 cm³/mol. The zero-order chi connectivity index (χ0) is 9.97. The van der Waals surface area contributed by atoms with Gasteiger partial charge in [-0.1, -0.05) is 0 Å². The third-order valence-electron chi connectivity index (χ3n) is 2.16. The molecule has 0 bridgehead atoms. The number of anilines is 3. The summed E-state index contributed by atoms with van der Waals surface area (Å²) in [5.74, 6) is 6.30. The molecule has 1 aliphatic heterocycles. The second kappa shape index (κ2) is 3.62. The summed E-state index contributed by atoms with van der Waals surface area (Å²) < 4.78 is 0. The molecule has 14 heavy (non-hydrogen) atoms. The number of nitrogens with one attached hydrogen (secondary N) is 1. The molecule has 0 amide bonds. The van der Waals surface area contributed by atoms with Gasteiger partial charge in [0.05, 0.1) is 0 Å². The van der Waals surface area contributed by atoms with Gasteiger partial charge >= 0.3 is 0 Å². The zero-order valence-electron chi connectivity index (χ0n) is 7.77. The van der Waals surface area contributed by atoms with Crippen LogP contribution in [0.5, 0.6) is 0 Å². The number of nitrogens with two attached hydrogens (primary N) is 2. The molecule has 0 aliphatic carbocycles. The van der Waals surface area contributed by atoms with E-state index in [0.29, 0.717) is 11.9 Å². The molecular weight excluding hydrogens is 182 g/mol. The molecule has 1 aromatic heterocycles. The van der Waals surface area contributed by atoms with Crippen molar-refractivity contribution in [2.75, 3.05) is 29.1 Å². The van der Waals surface area contributed by atoms with E-state index in [9.17, 15) is 0 Å². The first-order valence-corrected chi connectivity index (χ1v) is 4.53. The summed E-state index contributed by atoms with van der Waals surface area (Å²) in [6.07, 6.45) is 2.33. The van der Waals surface area contributed by atoms with Gasteiger partial charge in [-0.2, -0.15) is 15.0 Å². The molecule has 0 atom stereocenters. The first kappa shape index (κ1) is 8.95. The van der Waals surface area contributed by atoms with E-state index in [0.717, 1.165) is 25.9 Å². The first-order valence-electron chi connectivity index (χ1n) is 4.53. The van der Waals surface area contributed by atoms with Crippen LogP contribution in [0, 0.1) is 0 Å². The highest BCUT2D eigenvalue weighted by Crippen LogP contribution is 2.16. The Labute approximate surface area is 81.5 Å². The molecular formula is C7H13N7. The predicted octanol–water partition coefficient (Wildman–Crippen LogP) is -0.660. The Bertz CT molecular complexity index is 320. The highest BCUT2D eigenvalue weighted by molar-refractivity contribution is 5.41. The minimum Gasteiger partial charge on any atom is -0.368 e. The molecule has 1 aliphatic rings. The number of nitrogen functional groups attached to an aromatic ring is 2. The van der Waals surface area contributed by atoms with E-state index in [1.54, 1.807) is 0 Å². The lowest BCUT2D eigenvalue weighted by Gasteiger charge is -2.15. The number of hydrogen-bond acceptors (Lipinski definition) is 7. The summed E-state index contributed by atoms with van der Waals surface area (Å²) in [7, 11) is 0. The molecule has 5 N–H and O–H groups in total. The summed E-state index contributed by atoms with van der Waals surface area (Å²) in [6.45, 7) is 1.93. The van der Waals surface area contributed by atoms with E-state index < -0.39 is 0 Å². The number of hydrazine groups is 1. The molecule has 0 saturated carbocycles. The van der Waals surface area contributed by atoms with Crippen LogP contribution in [0.4, 0.5) is 17.8 Å². The summed E-state index contributed by atoms with van der Waals surface area (Å²) >= 11 is 0. The molecule has 0 spiro atoms. The fraction of sp³-hybridized carbons (Fsp3) is 0.571. The third kappa shape index (κ3) is 1.67. The van der Waals surface area contributed by atoms with Crippen LogP contribution in [0.25, 0.3) is 0 Å². The Hall–Kier alpha value is -1.63. The lowest BCUT2D eigenvalue weighted by molar-refractivity contribution is 0.884. The molecule has 2 rings (SSSR count). The Morgan fingerprint density at radius 3 is 2.50 bits per heavy atom. The van der Waals surface area contributed by atoms with Crippen molar-refractivity contribution in [1.29, 1.82) is 0 Å². The third-order valence-corrected chi connectivity index (χ3v) is 2.16. The lowest BCUT2D eigenvalue weighted by atomic mass is 10.4. The number of aromatic nitrogens is 3. The van der Waals surface area contributed by atoms with Gasteiger partial charge in [0.1, 0.15) is 0 Å². The Morgan fingerprint density at radius 1 is 1.14 bits per heavy atom. The van der Waals surface area contributed by atoms with Crippen molar-refractivity contribution in [3.05, 3.63) is 0 Å². The lowest BCUT2D eigenvalue weighted by Crippen LogP contribution is -2.23. The smallest absolute Gasteiger partial charge is 0.243 e. The van der Waals surface area contributed by atoms with Crippen LogP contribution in [0.2, 0.25) is 0 Å². The Balaban J connectivity index is 2.27. The van der Waals surface area contributed by atoms with Crippen LogP contribution in [0.1, 0.15) is 12.8 Å². The van der Waals surface area contributed by atoms with E-state index in [-0.39, 0.29) is 5.95 Å². The molecule has 1 aromatic rings. The van der Waals surface area contributed by atoms with Gasteiger partial charge in [-0.3, -0.25) is 5.43 Å². The minimum atomic E-state index is 0.190. The molecule has 0 radical (unpaired) electrons. The van der Waals surface area contributed by atoms with Crippen LogP contribution in [-0.2, 0) is 0 Å². The van der Waals surface area contributed by atoms with E-state index >= 15 is 0 Å². The fourth-order valence-corrected chi connectivity index (χ4v) is 1.50. The molecule has 0 aromatic carbocycles. The van der Waals surface area contributed by atoms with Crippen LogP contribution >= 0.6 is 0 Å². The zero-order valence-corrected chi connectivity index (χ0v) is 7.77. The highest BCUT2D eigenvalue weighted by Gasteiger charge is 2.16. The van der Waals surface area contributed by atoms with Gasteiger partial charge in [0.25, 0.3) is 0 Å². The molecule has 1 fully saturated rings. The number of hydrogen-bond donors (Lipinski definition) is 3. The van der Waals surface area contributed by atoms with Crippen molar-refractivity contribution < 1.29 is 0 Å². The normalized spacial score (nSPS) is 15.9. The van der Waals surface area contributed by atoms with Crippen molar-refractivity contribution >= 4 is 17.8 Å². The second-order valence-corrected chi connectivity index (χ2v) is 3.16. The van der Waals surface area contributed by atoms with Crippen LogP contribution in [-0.4, -0.2) is 28.0 Å². The van der Waals surface area contributed by atoms with E-state index in [1.807, 2.05) is 0 Å². The summed E-state index contributed by atoms with van der Waals surface area (Å²) in [5.41, 5.74) is 7.88. The Morgan fingerprint density at radius 2 is 1.86 bits per heavy atom. The van der Waals surface area contributed by atoms with Gasteiger partial charge in [-0.25, -0.2) is 5.84 Å². The largest absolute Gasteiger partial charge is 0.368 e. The quantitative estimate of drug-likeness (QED) is 0.425. The average molecular weight is 195 g/mol. The van der Waals surface area contributed by atoms with Gasteiger partial charge in [0.15, 0.2) is 0 Å². The molecule has 1 saturated heterocycles. The van der Waals surface area contributed by atoms with E-state index in [2.05, 4.69) is 25.3 Å². The maximum atomic E-state index is 5.52. The Kier molecular flexibility index (Phi) is 2.32. The van der Waals surface area contributed by atoms with Crippen LogP contribution < -0.4 is 21.9 Å². The van der Waals surface area contributed by atoms with Gasteiger partial charge < -0.3 is 10.6 Å². The van der Waals surface area contributed by atoms with E-state index in [4.69, 9.17) is 11.6 Å². The minimum absolute atomic E-state index is 0.190. The summed E-state index contributed by atoms with van der Waals surface area (Å²) in [4.78, 5) is 14.1. The van der Waals surface area contributed by atoms with Crippen LogP contribution in [0.15, 0.2) is 0 Å². The van der Waals surface area contributed by atoms with Crippen LogP contribution in [0.3, 0.4) is 0 Å². The van der Waals surface area contributed by atoms with Gasteiger partial charge in [-0.15, -0.1) is 0 Å². The summed E-state index contributed by atoms with van der Waals surface area (Å²) in [6, 6.07) is 0. The fourth-order valence-electron chi connectivity index (χ4n) is 1.50. The topological polar surface area (TPSA) is 106 Å². The SMILES string of the molecule is NNc1nc(N)nc(N2CCCC2)n1. The molecule has 7 nitrogen and oxygen atoms in total. The molecule has 7 heteroatoms. The van der Waals surface area contributed by atoms with Gasteiger partial charge in [0.2, 0.25) is 17.8 Å². The standard InChI is InChI=1S/C7H13N7/c8-5-10-6(13-9)12-7(11-5)14-3-1-2-4-14/h1-4,9H2,(H3,8,10,11,12,13). The number of nitrogens with zero attached hydrogens (tertiary/aromatic N) is 4. The average Bonchev–Trinajstić information content (AvgIpc) is 2.69. The number of rotatable bonds is 2. The van der Waals surface area contributed by atoms with E-state index in [1.165, 1.54) is 0 Å². The maximum Gasteiger partial charge on any atom is 0.243 e. The molecule has 76 valence electrons. The van der Waals surface area contributed by atoms with Crippen molar-refractivity contribution in [1.82, 2.24) is 15.0 Å². The first-order chi connectivity index (χ1) is 6.79. The second-order valence-electron chi connectivity index (χ2n) is 3.16. The maximum absolute atomic E-state index is 5.52. The van der Waals surface area contributed by atoms with Crippen molar-refractivity contribution in [2.24, 2.45) is 5.84 Å². The highest BCUT2D eigenvalue weighted by atomic mass is 15.4.